The fourth-order valence-corrected chi connectivity index (χ4v) is 3.32. The van der Waals surface area contributed by atoms with Crippen LogP contribution >= 0.6 is 0 Å². The normalized spacial score (nSPS) is 18.7. The molecule has 1 spiro atoms. The molecule has 2 heterocycles. The molecule has 0 unspecified atom stereocenters. The van der Waals surface area contributed by atoms with Gasteiger partial charge >= 0.3 is 0 Å². The van der Waals surface area contributed by atoms with Crippen LogP contribution in [0.2, 0.25) is 0 Å². The summed E-state index contributed by atoms with van der Waals surface area (Å²) in [4.78, 5) is 14.5. The van der Waals surface area contributed by atoms with Crippen LogP contribution in [0.3, 0.4) is 0 Å². The van der Waals surface area contributed by atoms with E-state index in [1.54, 1.807) is 6.07 Å². The van der Waals surface area contributed by atoms with E-state index < -0.39 is 0 Å². The van der Waals surface area contributed by atoms with Gasteiger partial charge in [0.1, 0.15) is 0 Å². The number of hydrogen-bond acceptors (Lipinski definition) is 4. The molecule has 5 heteroatoms. The molecule has 1 amide bonds. The molecule has 2 fully saturated rings. The number of piperidine rings is 1. The summed E-state index contributed by atoms with van der Waals surface area (Å²) in [7, 11) is 0. The summed E-state index contributed by atoms with van der Waals surface area (Å²) in [5.74, 6) is 0.653. The molecule has 1 N–H and O–H groups in total. The highest BCUT2D eigenvalue weighted by atomic mass is 16.1. The fraction of sp³-hybridized carbons (Fsp3) is 0.389. The maximum atomic E-state index is 12.2. The lowest BCUT2D eigenvalue weighted by molar-refractivity contribution is 0.102. The Balaban J connectivity index is 1.44. The molecule has 1 saturated heterocycles. The zero-order valence-corrected chi connectivity index (χ0v) is 13.0. The number of carbonyl (C=O) groups excluding carboxylic acids is 1. The van der Waals surface area contributed by atoms with Gasteiger partial charge in [0, 0.05) is 18.8 Å². The maximum absolute atomic E-state index is 12.2. The lowest BCUT2D eigenvalue weighted by atomic mass is 9.95. The molecule has 1 aliphatic heterocycles. The van der Waals surface area contributed by atoms with Crippen LogP contribution in [0.15, 0.2) is 42.5 Å². The van der Waals surface area contributed by atoms with Crippen molar-refractivity contribution in [2.75, 3.05) is 23.3 Å². The van der Waals surface area contributed by atoms with E-state index in [0.717, 1.165) is 24.6 Å². The van der Waals surface area contributed by atoms with Gasteiger partial charge in [0.05, 0.1) is 0 Å². The Hall–Kier alpha value is -2.43. The first-order valence-electron chi connectivity index (χ1n) is 8.19. The van der Waals surface area contributed by atoms with Crippen molar-refractivity contribution in [1.29, 1.82) is 0 Å². The summed E-state index contributed by atoms with van der Waals surface area (Å²) in [6, 6.07) is 13.0. The third-order valence-electron chi connectivity index (χ3n) is 4.86. The monoisotopic (exact) mass is 308 g/mol. The Morgan fingerprint density at radius 2 is 1.87 bits per heavy atom. The number of aromatic nitrogens is 2. The smallest absolute Gasteiger partial charge is 0.276 e. The Bertz CT molecular complexity index is 695. The average Bonchev–Trinajstić information content (AvgIpc) is 3.34. The SMILES string of the molecule is O=C(Nc1ccccc1)c1ccc(N2CCCC3(CC3)C2)nn1. The van der Waals surface area contributed by atoms with Crippen molar-refractivity contribution < 1.29 is 4.79 Å². The van der Waals surface area contributed by atoms with Crippen molar-refractivity contribution in [2.45, 2.75) is 25.7 Å². The number of benzene rings is 1. The van der Waals surface area contributed by atoms with Crippen molar-refractivity contribution in [3.63, 3.8) is 0 Å². The number of hydrogen-bond donors (Lipinski definition) is 1. The Morgan fingerprint density at radius 1 is 1.04 bits per heavy atom. The Labute approximate surface area is 135 Å². The van der Waals surface area contributed by atoms with Crippen LogP contribution in [-0.2, 0) is 0 Å². The van der Waals surface area contributed by atoms with Crippen LogP contribution in [0.25, 0.3) is 0 Å². The minimum atomic E-state index is -0.229. The highest BCUT2D eigenvalue weighted by molar-refractivity contribution is 6.02. The largest absolute Gasteiger partial charge is 0.355 e. The third-order valence-corrected chi connectivity index (χ3v) is 4.86. The number of amides is 1. The predicted molar refractivity (Wildman–Crippen MR) is 89.5 cm³/mol. The second-order valence-corrected chi connectivity index (χ2v) is 6.62. The number of rotatable bonds is 3. The van der Waals surface area contributed by atoms with E-state index in [1.807, 2.05) is 36.4 Å². The molecule has 2 aliphatic rings. The van der Waals surface area contributed by atoms with Gasteiger partial charge in [-0.25, -0.2) is 0 Å². The maximum Gasteiger partial charge on any atom is 0.276 e. The van der Waals surface area contributed by atoms with E-state index in [2.05, 4.69) is 20.4 Å². The molecule has 1 aromatic heterocycles. The fourth-order valence-electron chi connectivity index (χ4n) is 3.32. The molecule has 23 heavy (non-hydrogen) atoms. The molecule has 5 nitrogen and oxygen atoms in total. The molecule has 118 valence electrons. The minimum absolute atomic E-state index is 0.229. The van der Waals surface area contributed by atoms with Crippen LogP contribution < -0.4 is 10.2 Å². The van der Waals surface area contributed by atoms with E-state index in [1.165, 1.54) is 25.7 Å². The van der Waals surface area contributed by atoms with Gasteiger partial charge in [-0.15, -0.1) is 10.2 Å². The topological polar surface area (TPSA) is 58.1 Å². The van der Waals surface area contributed by atoms with E-state index >= 15 is 0 Å². The first kappa shape index (κ1) is 14.2. The predicted octanol–water partition coefficient (Wildman–Crippen LogP) is 3.11. The molecular weight excluding hydrogens is 288 g/mol. The molecule has 4 rings (SSSR count). The van der Waals surface area contributed by atoms with Crippen LogP contribution in [0.1, 0.15) is 36.2 Å². The Kier molecular flexibility index (Phi) is 3.48. The number of anilines is 2. The molecule has 1 aliphatic carbocycles. The zero-order valence-electron chi connectivity index (χ0n) is 13.0. The van der Waals surface area contributed by atoms with Crippen LogP contribution in [-0.4, -0.2) is 29.2 Å². The lowest BCUT2D eigenvalue weighted by Crippen LogP contribution is -2.37. The number of carbonyl (C=O) groups is 1. The summed E-state index contributed by atoms with van der Waals surface area (Å²) < 4.78 is 0. The van der Waals surface area contributed by atoms with Gasteiger partial charge in [-0.2, -0.15) is 0 Å². The average molecular weight is 308 g/mol. The standard InChI is InChI=1S/C18H20N4O/c23-17(19-14-5-2-1-3-6-14)15-7-8-16(21-20-15)22-12-4-9-18(13-22)10-11-18/h1-3,5-8H,4,9-13H2,(H,19,23). The minimum Gasteiger partial charge on any atom is -0.355 e. The first-order chi connectivity index (χ1) is 11.2. The summed E-state index contributed by atoms with van der Waals surface area (Å²) in [5, 5.41) is 11.2. The van der Waals surface area contributed by atoms with Crippen molar-refractivity contribution in [2.24, 2.45) is 5.41 Å². The van der Waals surface area contributed by atoms with E-state index in [4.69, 9.17) is 0 Å². The lowest BCUT2D eigenvalue weighted by Gasteiger charge is -2.33. The van der Waals surface area contributed by atoms with Crippen LogP contribution in [0.4, 0.5) is 11.5 Å². The molecule has 0 radical (unpaired) electrons. The highest BCUT2D eigenvalue weighted by Gasteiger charge is 2.45. The summed E-state index contributed by atoms with van der Waals surface area (Å²) in [5.41, 5.74) is 1.65. The zero-order chi connectivity index (χ0) is 15.7. The van der Waals surface area contributed by atoms with Gasteiger partial charge < -0.3 is 10.2 Å². The van der Waals surface area contributed by atoms with Crippen molar-refractivity contribution in [1.82, 2.24) is 10.2 Å². The summed E-state index contributed by atoms with van der Waals surface area (Å²) in [6.07, 6.45) is 5.25. The molecule has 1 aromatic carbocycles. The second-order valence-electron chi connectivity index (χ2n) is 6.62. The number of nitrogens with one attached hydrogen (secondary N) is 1. The van der Waals surface area contributed by atoms with Crippen molar-refractivity contribution in [3.8, 4) is 0 Å². The molecule has 0 atom stereocenters. The third kappa shape index (κ3) is 3.04. The van der Waals surface area contributed by atoms with Crippen molar-refractivity contribution >= 4 is 17.4 Å². The van der Waals surface area contributed by atoms with Gasteiger partial charge in [-0.3, -0.25) is 4.79 Å². The Morgan fingerprint density at radius 3 is 2.57 bits per heavy atom. The number of nitrogens with zero attached hydrogens (tertiary/aromatic N) is 3. The highest BCUT2D eigenvalue weighted by Crippen LogP contribution is 2.52. The first-order valence-corrected chi connectivity index (χ1v) is 8.19. The van der Waals surface area contributed by atoms with E-state index in [9.17, 15) is 4.79 Å². The second kappa shape index (κ2) is 5.65. The molecular formula is C18H20N4O. The number of para-hydroxylation sites is 1. The van der Waals surface area contributed by atoms with E-state index in [-0.39, 0.29) is 5.91 Å². The van der Waals surface area contributed by atoms with Gasteiger partial charge in [0.2, 0.25) is 0 Å². The molecule has 2 aromatic rings. The summed E-state index contributed by atoms with van der Waals surface area (Å²) in [6.45, 7) is 2.11. The van der Waals surface area contributed by atoms with Crippen molar-refractivity contribution in [3.05, 3.63) is 48.2 Å². The quantitative estimate of drug-likeness (QED) is 0.946. The van der Waals surface area contributed by atoms with Gasteiger partial charge in [0.15, 0.2) is 11.5 Å². The molecule has 0 bridgehead atoms. The summed E-state index contributed by atoms with van der Waals surface area (Å²) >= 11 is 0. The van der Waals surface area contributed by atoms with Crippen LogP contribution in [0.5, 0.6) is 0 Å². The van der Waals surface area contributed by atoms with Gasteiger partial charge in [0.25, 0.3) is 5.91 Å². The van der Waals surface area contributed by atoms with Gasteiger partial charge in [-0.1, -0.05) is 18.2 Å². The van der Waals surface area contributed by atoms with E-state index in [0.29, 0.717) is 11.1 Å². The van der Waals surface area contributed by atoms with Gasteiger partial charge in [-0.05, 0) is 55.4 Å². The molecule has 1 saturated carbocycles. The van der Waals surface area contributed by atoms with Crippen LogP contribution in [0, 0.1) is 5.41 Å².